The van der Waals surface area contributed by atoms with Crippen LogP contribution >= 0.6 is 0 Å². The van der Waals surface area contributed by atoms with Gasteiger partial charge in [-0.15, -0.1) is 0 Å². The molecule has 2 heterocycles. The largest absolute Gasteiger partial charge is 0.397 e. The van der Waals surface area contributed by atoms with E-state index < -0.39 is 0 Å². The number of aliphatic hydroxyl groups excluding tert-OH is 1. The molecule has 2 aromatic heterocycles. The number of hydrogen-bond donors (Lipinski definition) is 2. The topological polar surface area (TPSA) is 87.9 Å². The van der Waals surface area contributed by atoms with Crippen LogP contribution in [0.3, 0.4) is 0 Å². The van der Waals surface area contributed by atoms with Crippen LogP contribution in [0.5, 0.6) is 0 Å². The molecule has 138 valence electrons. The summed E-state index contributed by atoms with van der Waals surface area (Å²) in [5.41, 5.74) is 12.6. The number of aryl methyl sites for hydroxylation is 1. The summed E-state index contributed by atoms with van der Waals surface area (Å²) in [6, 6.07) is 6.75. The third-order valence-electron chi connectivity index (χ3n) is 5.90. The van der Waals surface area contributed by atoms with Crippen LogP contribution in [0.15, 0.2) is 30.7 Å². The number of hydrogen-bond acceptors (Lipinski definition) is 4. The lowest BCUT2D eigenvalue weighted by Crippen LogP contribution is -2.20. The standard InChI is InChI=1S/C22H24N4O/c1-13-7-22-18(8-15(13)9-23)20(19-10-25-11-21(24)14(19)2)12-26(22)16-3-5-17(27)6-4-16/h7-8,10-12,16-17,27H,3-6,24H2,1-2H3/t16-,17-. The predicted molar refractivity (Wildman–Crippen MR) is 107 cm³/mol. The average Bonchev–Trinajstić information content (AvgIpc) is 3.02. The number of aliphatic hydroxyl groups is 1. The van der Waals surface area contributed by atoms with Gasteiger partial charge in [-0.05, 0) is 62.8 Å². The lowest BCUT2D eigenvalue weighted by Gasteiger charge is -2.27. The summed E-state index contributed by atoms with van der Waals surface area (Å²) in [5, 5.41) is 20.4. The second-order valence-electron chi connectivity index (χ2n) is 7.61. The third kappa shape index (κ3) is 2.96. The predicted octanol–water partition coefficient (Wildman–Crippen LogP) is 4.25. The average molecular weight is 360 g/mol. The third-order valence-corrected chi connectivity index (χ3v) is 5.90. The zero-order valence-electron chi connectivity index (χ0n) is 15.7. The molecule has 0 aliphatic heterocycles. The molecule has 1 fully saturated rings. The van der Waals surface area contributed by atoms with Crippen molar-refractivity contribution < 1.29 is 5.11 Å². The highest BCUT2D eigenvalue weighted by Gasteiger charge is 2.24. The molecular weight excluding hydrogens is 336 g/mol. The highest BCUT2D eigenvalue weighted by molar-refractivity contribution is 5.98. The number of nitrogen functional groups attached to an aromatic ring is 1. The van der Waals surface area contributed by atoms with Gasteiger partial charge in [0.05, 0.1) is 29.6 Å². The summed E-state index contributed by atoms with van der Waals surface area (Å²) in [4.78, 5) is 4.29. The molecule has 3 aromatic rings. The molecule has 1 saturated carbocycles. The number of benzene rings is 1. The van der Waals surface area contributed by atoms with Crippen LogP contribution in [-0.4, -0.2) is 20.8 Å². The van der Waals surface area contributed by atoms with Gasteiger partial charge in [-0.1, -0.05) is 0 Å². The van der Waals surface area contributed by atoms with E-state index in [1.54, 1.807) is 6.20 Å². The summed E-state index contributed by atoms with van der Waals surface area (Å²) < 4.78 is 2.33. The van der Waals surface area contributed by atoms with Gasteiger partial charge in [0, 0.05) is 40.5 Å². The van der Waals surface area contributed by atoms with Gasteiger partial charge >= 0.3 is 0 Å². The molecule has 0 bridgehead atoms. The highest BCUT2D eigenvalue weighted by atomic mass is 16.3. The Morgan fingerprint density at radius 2 is 1.89 bits per heavy atom. The quantitative estimate of drug-likeness (QED) is 0.715. The van der Waals surface area contributed by atoms with E-state index in [-0.39, 0.29) is 6.10 Å². The second-order valence-corrected chi connectivity index (χ2v) is 7.61. The van der Waals surface area contributed by atoms with E-state index in [4.69, 9.17) is 5.73 Å². The number of nitrogens with zero attached hydrogens (tertiary/aromatic N) is 3. The second kappa shape index (κ2) is 6.71. The smallest absolute Gasteiger partial charge is 0.0994 e. The number of nitriles is 1. The minimum atomic E-state index is -0.185. The van der Waals surface area contributed by atoms with Gasteiger partial charge in [0.1, 0.15) is 0 Å². The fourth-order valence-electron chi connectivity index (χ4n) is 4.19. The SMILES string of the molecule is Cc1cc2c(cc1C#N)c(-c1cncc(N)c1C)cn2[C@H]1CC[C@H](O)CC1. The highest BCUT2D eigenvalue weighted by Crippen LogP contribution is 2.39. The van der Waals surface area contributed by atoms with Crippen molar-refractivity contribution in [2.24, 2.45) is 0 Å². The van der Waals surface area contributed by atoms with Gasteiger partial charge in [-0.3, -0.25) is 4.98 Å². The summed E-state index contributed by atoms with van der Waals surface area (Å²) in [6.07, 6.45) is 9.08. The molecule has 0 saturated heterocycles. The molecule has 1 aromatic carbocycles. The number of nitrogens with two attached hydrogens (primary N) is 1. The maximum absolute atomic E-state index is 9.88. The normalized spacial score (nSPS) is 19.9. The number of anilines is 1. The van der Waals surface area contributed by atoms with E-state index in [1.165, 1.54) is 0 Å². The lowest BCUT2D eigenvalue weighted by molar-refractivity contribution is 0.111. The minimum absolute atomic E-state index is 0.185. The number of fused-ring (bicyclic) bond motifs is 1. The molecular formula is C22H24N4O. The van der Waals surface area contributed by atoms with Gasteiger partial charge in [0.2, 0.25) is 0 Å². The van der Waals surface area contributed by atoms with Crippen molar-refractivity contribution in [1.29, 1.82) is 5.26 Å². The van der Waals surface area contributed by atoms with E-state index in [1.807, 2.05) is 26.1 Å². The van der Waals surface area contributed by atoms with E-state index in [2.05, 4.69) is 27.9 Å². The van der Waals surface area contributed by atoms with Crippen molar-refractivity contribution in [3.8, 4) is 17.2 Å². The molecule has 27 heavy (non-hydrogen) atoms. The Labute approximate surface area is 159 Å². The Hall–Kier alpha value is -2.84. The van der Waals surface area contributed by atoms with Gasteiger partial charge < -0.3 is 15.4 Å². The van der Waals surface area contributed by atoms with Crippen LogP contribution < -0.4 is 5.73 Å². The monoisotopic (exact) mass is 360 g/mol. The van der Waals surface area contributed by atoms with E-state index in [9.17, 15) is 10.4 Å². The maximum Gasteiger partial charge on any atom is 0.0994 e. The fraction of sp³-hybridized carbons (Fsp3) is 0.364. The van der Waals surface area contributed by atoms with Crippen LogP contribution in [0.2, 0.25) is 0 Å². The summed E-state index contributed by atoms with van der Waals surface area (Å²) in [6.45, 7) is 3.98. The molecule has 5 heteroatoms. The van der Waals surface area contributed by atoms with Crippen LogP contribution in [0.25, 0.3) is 22.0 Å². The molecule has 1 aliphatic rings. The van der Waals surface area contributed by atoms with E-state index in [0.717, 1.165) is 58.8 Å². The number of pyridine rings is 1. The van der Waals surface area contributed by atoms with Crippen molar-refractivity contribution in [3.05, 3.63) is 47.4 Å². The van der Waals surface area contributed by atoms with Gasteiger partial charge in [-0.2, -0.15) is 5.26 Å². The van der Waals surface area contributed by atoms with Crippen molar-refractivity contribution in [2.75, 3.05) is 5.73 Å². The Kier molecular flexibility index (Phi) is 4.37. The Balaban J connectivity index is 1.96. The summed E-state index contributed by atoms with van der Waals surface area (Å²) in [5.74, 6) is 0. The molecule has 0 spiro atoms. The molecule has 3 N–H and O–H groups in total. The maximum atomic E-state index is 9.88. The van der Waals surface area contributed by atoms with Gasteiger partial charge in [0.25, 0.3) is 0 Å². The first-order valence-electron chi connectivity index (χ1n) is 9.43. The number of rotatable bonds is 2. The fourth-order valence-corrected chi connectivity index (χ4v) is 4.19. The van der Waals surface area contributed by atoms with Gasteiger partial charge in [0.15, 0.2) is 0 Å². The van der Waals surface area contributed by atoms with Crippen LogP contribution in [-0.2, 0) is 0 Å². The molecule has 1 aliphatic carbocycles. The zero-order valence-corrected chi connectivity index (χ0v) is 15.7. The Morgan fingerprint density at radius 1 is 1.15 bits per heavy atom. The molecule has 0 unspecified atom stereocenters. The Morgan fingerprint density at radius 3 is 2.59 bits per heavy atom. The molecule has 0 atom stereocenters. The first-order valence-corrected chi connectivity index (χ1v) is 9.43. The van der Waals surface area contributed by atoms with Crippen molar-refractivity contribution in [2.45, 2.75) is 51.7 Å². The van der Waals surface area contributed by atoms with Crippen LogP contribution in [0, 0.1) is 25.2 Å². The van der Waals surface area contributed by atoms with Crippen molar-refractivity contribution >= 4 is 16.6 Å². The first-order chi connectivity index (χ1) is 13.0. The van der Waals surface area contributed by atoms with Crippen LogP contribution in [0.1, 0.15) is 48.4 Å². The van der Waals surface area contributed by atoms with E-state index >= 15 is 0 Å². The van der Waals surface area contributed by atoms with E-state index in [0.29, 0.717) is 17.3 Å². The van der Waals surface area contributed by atoms with Crippen molar-refractivity contribution in [3.63, 3.8) is 0 Å². The zero-order chi connectivity index (χ0) is 19.1. The summed E-state index contributed by atoms with van der Waals surface area (Å²) in [7, 11) is 0. The number of aromatic nitrogens is 2. The molecule has 5 nitrogen and oxygen atoms in total. The van der Waals surface area contributed by atoms with Crippen LogP contribution in [0.4, 0.5) is 5.69 Å². The Bertz CT molecular complexity index is 1050. The molecule has 4 rings (SSSR count). The summed E-state index contributed by atoms with van der Waals surface area (Å²) >= 11 is 0. The van der Waals surface area contributed by atoms with Crippen molar-refractivity contribution in [1.82, 2.24) is 9.55 Å². The lowest BCUT2D eigenvalue weighted by atomic mass is 9.93. The molecule has 0 radical (unpaired) electrons. The minimum Gasteiger partial charge on any atom is -0.397 e. The van der Waals surface area contributed by atoms with Gasteiger partial charge in [-0.25, -0.2) is 0 Å². The first kappa shape index (κ1) is 17.6. The molecule has 0 amide bonds.